The lowest BCUT2D eigenvalue weighted by Gasteiger charge is -2.03. The number of hydrogen-bond acceptors (Lipinski definition) is 5. The molecule has 2 rings (SSSR count). The third-order valence-corrected chi connectivity index (χ3v) is 5.81. The van der Waals surface area contributed by atoms with Gasteiger partial charge in [-0.15, -0.1) is 11.3 Å². The zero-order valence-corrected chi connectivity index (χ0v) is 12.3. The molecule has 0 saturated heterocycles. The van der Waals surface area contributed by atoms with Gasteiger partial charge in [-0.25, -0.2) is 13.1 Å². The highest BCUT2D eigenvalue weighted by Crippen LogP contribution is 2.31. The molecule has 9 heteroatoms. The van der Waals surface area contributed by atoms with E-state index < -0.39 is 10.0 Å². The van der Waals surface area contributed by atoms with Crippen molar-refractivity contribution < 1.29 is 13.5 Å². The zero-order chi connectivity index (χ0) is 13.2. The van der Waals surface area contributed by atoms with E-state index in [0.717, 1.165) is 5.56 Å². The van der Waals surface area contributed by atoms with E-state index in [1.54, 1.807) is 12.4 Å². The Labute approximate surface area is 116 Å². The van der Waals surface area contributed by atoms with E-state index in [0.29, 0.717) is 8.66 Å². The van der Waals surface area contributed by atoms with E-state index in [1.807, 2.05) is 0 Å². The monoisotopic (exact) mass is 351 g/mol. The van der Waals surface area contributed by atoms with Crippen LogP contribution in [0.4, 0.5) is 0 Å². The number of aliphatic hydroxyl groups excluding tert-OH is 1. The fourth-order valence-corrected chi connectivity index (χ4v) is 4.85. The molecule has 0 aliphatic carbocycles. The molecule has 2 heterocycles. The van der Waals surface area contributed by atoms with Crippen molar-refractivity contribution in [1.82, 2.24) is 14.9 Å². The Kier molecular flexibility index (Phi) is 4.17. The number of nitrogens with one attached hydrogen (secondary N) is 2. The Hall–Kier alpha value is -0.740. The van der Waals surface area contributed by atoms with Crippen molar-refractivity contribution in [2.24, 2.45) is 0 Å². The fourth-order valence-electron chi connectivity index (χ4n) is 1.29. The van der Waals surface area contributed by atoms with Gasteiger partial charge in [0, 0.05) is 23.2 Å². The molecule has 0 saturated carbocycles. The minimum atomic E-state index is -3.60. The van der Waals surface area contributed by atoms with Crippen LogP contribution in [0, 0.1) is 0 Å². The third kappa shape index (κ3) is 2.98. The van der Waals surface area contributed by atoms with Gasteiger partial charge in [0.25, 0.3) is 0 Å². The molecule has 2 aromatic rings. The maximum atomic E-state index is 12.0. The van der Waals surface area contributed by atoms with E-state index in [-0.39, 0.29) is 18.0 Å². The van der Waals surface area contributed by atoms with Crippen LogP contribution in [0.25, 0.3) is 0 Å². The summed E-state index contributed by atoms with van der Waals surface area (Å²) in [4.78, 5) is 0.727. The van der Waals surface area contributed by atoms with Crippen LogP contribution in [-0.4, -0.2) is 23.7 Å². The minimum Gasteiger partial charge on any atom is -0.391 e. The lowest BCUT2D eigenvalue weighted by Crippen LogP contribution is -2.22. The molecule has 0 unspecified atom stereocenters. The first kappa shape index (κ1) is 13.7. The predicted octanol–water partition coefficient (Wildman–Crippen LogP) is 1.20. The summed E-state index contributed by atoms with van der Waals surface area (Å²) in [7, 11) is -3.60. The highest BCUT2D eigenvalue weighted by Gasteiger charge is 2.20. The van der Waals surface area contributed by atoms with Crippen molar-refractivity contribution in [2.45, 2.75) is 18.0 Å². The summed E-state index contributed by atoms with van der Waals surface area (Å²) < 4.78 is 27.0. The van der Waals surface area contributed by atoms with Crippen molar-refractivity contribution in [3.05, 3.63) is 32.7 Å². The number of H-pyrrole nitrogens is 1. The van der Waals surface area contributed by atoms with Gasteiger partial charge < -0.3 is 5.11 Å². The van der Waals surface area contributed by atoms with Gasteiger partial charge in [-0.3, -0.25) is 5.10 Å². The molecule has 0 aromatic carbocycles. The van der Waals surface area contributed by atoms with Gasteiger partial charge in [0.1, 0.15) is 4.90 Å². The lowest BCUT2D eigenvalue weighted by molar-refractivity contribution is 0.285. The molecular formula is C9H10BrN3O3S2. The Morgan fingerprint density at radius 1 is 1.56 bits per heavy atom. The fraction of sp³-hybridized carbons (Fsp3) is 0.222. The molecule has 0 amide bonds. The van der Waals surface area contributed by atoms with Crippen LogP contribution in [0.3, 0.4) is 0 Å². The van der Waals surface area contributed by atoms with Crippen LogP contribution < -0.4 is 4.72 Å². The van der Waals surface area contributed by atoms with Crippen molar-refractivity contribution in [2.75, 3.05) is 0 Å². The van der Waals surface area contributed by atoms with Gasteiger partial charge in [-0.1, -0.05) is 0 Å². The van der Waals surface area contributed by atoms with E-state index in [4.69, 9.17) is 5.11 Å². The summed E-state index contributed by atoms with van der Waals surface area (Å²) >= 11 is 4.38. The average molecular weight is 352 g/mol. The average Bonchev–Trinajstić information content (AvgIpc) is 2.95. The molecule has 0 bridgehead atoms. The van der Waals surface area contributed by atoms with Crippen molar-refractivity contribution in [3.63, 3.8) is 0 Å². The van der Waals surface area contributed by atoms with E-state index in [2.05, 4.69) is 30.8 Å². The molecule has 0 fully saturated rings. The molecule has 0 radical (unpaired) electrons. The Morgan fingerprint density at radius 3 is 2.89 bits per heavy atom. The third-order valence-electron chi connectivity index (χ3n) is 2.17. The predicted molar refractivity (Wildman–Crippen MR) is 70.6 cm³/mol. The van der Waals surface area contributed by atoms with Crippen LogP contribution in [-0.2, 0) is 23.2 Å². The summed E-state index contributed by atoms with van der Waals surface area (Å²) in [6.45, 7) is -0.0178. The molecule has 6 nitrogen and oxygen atoms in total. The minimum absolute atomic E-state index is 0.139. The van der Waals surface area contributed by atoms with Crippen LogP contribution in [0.1, 0.15) is 10.4 Å². The number of aliphatic hydroxyl groups is 1. The summed E-state index contributed by atoms with van der Waals surface area (Å²) in [5.74, 6) is 0. The number of aromatic nitrogens is 2. The topological polar surface area (TPSA) is 95.1 Å². The van der Waals surface area contributed by atoms with Crippen LogP contribution in [0.15, 0.2) is 27.1 Å². The SMILES string of the molecule is O=S(=O)(NCc1cn[nH]c1)c1cc(CO)sc1Br. The molecule has 0 spiro atoms. The van der Waals surface area contributed by atoms with Crippen molar-refractivity contribution in [3.8, 4) is 0 Å². The maximum absolute atomic E-state index is 12.0. The highest BCUT2D eigenvalue weighted by molar-refractivity contribution is 9.11. The maximum Gasteiger partial charge on any atom is 0.242 e. The smallest absolute Gasteiger partial charge is 0.242 e. The Balaban J connectivity index is 2.17. The first-order chi connectivity index (χ1) is 8.53. The second kappa shape index (κ2) is 5.49. The lowest BCUT2D eigenvalue weighted by atomic mass is 10.4. The molecular weight excluding hydrogens is 342 g/mol. The van der Waals surface area contributed by atoms with Crippen molar-refractivity contribution in [1.29, 1.82) is 0 Å². The first-order valence-electron chi connectivity index (χ1n) is 4.89. The summed E-state index contributed by atoms with van der Waals surface area (Å²) in [6.07, 6.45) is 3.16. The molecule has 0 atom stereocenters. The number of rotatable bonds is 5. The number of sulfonamides is 1. The van der Waals surface area contributed by atoms with Crippen LogP contribution >= 0.6 is 27.3 Å². The second-order valence-corrected chi connectivity index (χ2v) is 7.63. The van der Waals surface area contributed by atoms with Gasteiger partial charge >= 0.3 is 0 Å². The normalized spacial score (nSPS) is 11.9. The molecule has 3 N–H and O–H groups in total. The number of aromatic amines is 1. The number of nitrogens with zero attached hydrogens (tertiary/aromatic N) is 1. The summed E-state index contributed by atoms with van der Waals surface area (Å²) in [5.41, 5.74) is 0.743. The van der Waals surface area contributed by atoms with Gasteiger partial charge in [-0.05, 0) is 22.0 Å². The quantitative estimate of drug-likeness (QED) is 0.754. The Morgan fingerprint density at radius 2 is 2.33 bits per heavy atom. The number of halogens is 1. The standard InChI is InChI=1S/C9H10BrN3O3S2/c10-9-8(1-7(5-14)17-9)18(15,16)13-4-6-2-11-12-3-6/h1-3,13-14H,4-5H2,(H,11,12). The van der Waals surface area contributed by atoms with E-state index in [1.165, 1.54) is 17.4 Å². The van der Waals surface area contributed by atoms with Gasteiger partial charge in [0.05, 0.1) is 16.6 Å². The van der Waals surface area contributed by atoms with Gasteiger partial charge in [0.2, 0.25) is 10.0 Å². The number of hydrogen-bond donors (Lipinski definition) is 3. The largest absolute Gasteiger partial charge is 0.391 e. The highest BCUT2D eigenvalue weighted by atomic mass is 79.9. The summed E-state index contributed by atoms with van der Waals surface area (Å²) in [5, 5.41) is 15.3. The first-order valence-corrected chi connectivity index (χ1v) is 7.98. The zero-order valence-electron chi connectivity index (χ0n) is 9.05. The molecule has 98 valence electrons. The molecule has 0 aliphatic heterocycles. The molecule has 18 heavy (non-hydrogen) atoms. The van der Waals surface area contributed by atoms with Crippen LogP contribution in [0.2, 0.25) is 0 Å². The van der Waals surface area contributed by atoms with E-state index >= 15 is 0 Å². The molecule has 2 aromatic heterocycles. The van der Waals surface area contributed by atoms with Gasteiger partial charge in [-0.2, -0.15) is 5.10 Å². The second-order valence-electron chi connectivity index (χ2n) is 3.44. The Bertz CT molecular complexity index is 622. The van der Waals surface area contributed by atoms with Crippen LogP contribution in [0.5, 0.6) is 0 Å². The summed E-state index contributed by atoms with van der Waals surface area (Å²) in [6, 6.07) is 1.45. The number of thiophene rings is 1. The van der Waals surface area contributed by atoms with Gasteiger partial charge in [0.15, 0.2) is 0 Å². The van der Waals surface area contributed by atoms with E-state index in [9.17, 15) is 8.42 Å². The molecule has 0 aliphatic rings. The van der Waals surface area contributed by atoms with Crippen molar-refractivity contribution >= 4 is 37.3 Å².